The monoisotopic (exact) mass is 302 g/mol. The number of rotatable bonds is 5. The van der Waals surface area contributed by atoms with Crippen molar-refractivity contribution in [3.63, 3.8) is 0 Å². The molecule has 1 aliphatic carbocycles. The molecule has 0 aromatic carbocycles. The van der Waals surface area contributed by atoms with Crippen LogP contribution in [0.2, 0.25) is 5.15 Å². The van der Waals surface area contributed by atoms with E-state index in [1.807, 2.05) is 0 Å². The van der Waals surface area contributed by atoms with Gasteiger partial charge < -0.3 is 0 Å². The van der Waals surface area contributed by atoms with Gasteiger partial charge >= 0.3 is 0 Å². The number of halogens is 1. The van der Waals surface area contributed by atoms with Crippen LogP contribution in [0.1, 0.15) is 38.5 Å². The molecule has 1 heterocycles. The van der Waals surface area contributed by atoms with E-state index in [1.54, 1.807) is 0 Å². The number of hydrogen-bond donors (Lipinski definition) is 1. The van der Waals surface area contributed by atoms with Crippen molar-refractivity contribution in [1.82, 2.24) is 9.71 Å². The fourth-order valence-electron chi connectivity index (χ4n) is 2.51. The summed E-state index contributed by atoms with van der Waals surface area (Å²) in [5.41, 5.74) is 0. The van der Waals surface area contributed by atoms with Crippen molar-refractivity contribution in [2.75, 3.05) is 6.54 Å². The van der Waals surface area contributed by atoms with Gasteiger partial charge in [-0.15, -0.1) is 0 Å². The van der Waals surface area contributed by atoms with Crippen LogP contribution in [0.3, 0.4) is 0 Å². The topological polar surface area (TPSA) is 59.1 Å². The average molecular weight is 303 g/mol. The third-order valence-electron chi connectivity index (χ3n) is 3.58. The standard InChI is InChI=1S/C13H19ClN2O2S/c14-13-10-12(7-8-15-13)19(17,18)16-9-6-11-4-2-1-3-5-11/h7-8,10-11,16H,1-6,9H2. The van der Waals surface area contributed by atoms with E-state index in [4.69, 9.17) is 11.6 Å². The molecule has 0 aliphatic heterocycles. The number of pyridine rings is 1. The maximum Gasteiger partial charge on any atom is 0.240 e. The van der Waals surface area contributed by atoms with Gasteiger partial charge in [0, 0.05) is 12.7 Å². The number of sulfonamides is 1. The minimum absolute atomic E-state index is 0.177. The summed E-state index contributed by atoms with van der Waals surface area (Å²) in [6.45, 7) is 0.493. The summed E-state index contributed by atoms with van der Waals surface area (Å²) < 4.78 is 26.7. The van der Waals surface area contributed by atoms with Gasteiger partial charge in [0.2, 0.25) is 10.0 Å². The summed E-state index contributed by atoms with van der Waals surface area (Å²) in [6.07, 6.45) is 8.63. The molecule has 1 fully saturated rings. The average Bonchev–Trinajstić information content (AvgIpc) is 2.40. The van der Waals surface area contributed by atoms with Crippen molar-refractivity contribution >= 4 is 21.6 Å². The van der Waals surface area contributed by atoms with Gasteiger partial charge in [0.15, 0.2) is 0 Å². The van der Waals surface area contributed by atoms with Crippen LogP contribution in [0.4, 0.5) is 0 Å². The lowest BCUT2D eigenvalue weighted by molar-refractivity contribution is 0.339. The zero-order valence-electron chi connectivity index (χ0n) is 10.8. The second-order valence-corrected chi connectivity index (χ2v) is 7.16. The Balaban J connectivity index is 1.87. The first-order chi connectivity index (χ1) is 9.08. The normalized spacial score (nSPS) is 17.5. The minimum Gasteiger partial charge on any atom is -0.244 e. The van der Waals surface area contributed by atoms with Crippen LogP contribution < -0.4 is 4.72 Å². The Morgan fingerprint density at radius 2 is 2.05 bits per heavy atom. The van der Waals surface area contributed by atoms with Gasteiger partial charge in [0.05, 0.1) is 4.90 Å². The largest absolute Gasteiger partial charge is 0.244 e. The second-order valence-electron chi connectivity index (χ2n) is 5.00. The fourth-order valence-corrected chi connectivity index (χ4v) is 3.81. The van der Waals surface area contributed by atoms with E-state index in [0.717, 1.165) is 6.42 Å². The summed E-state index contributed by atoms with van der Waals surface area (Å²) >= 11 is 5.70. The zero-order chi connectivity index (χ0) is 13.7. The first kappa shape index (κ1) is 14.8. The van der Waals surface area contributed by atoms with E-state index in [9.17, 15) is 8.42 Å². The molecule has 0 radical (unpaired) electrons. The van der Waals surface area contributed by atoms with Gasteiger partial charge in [-0.05, 0) is 24.5 Å². The van der Waals surface area contributed by atoms with Gasteiger partial charge in [-0.25, -0.2) is 18.1 Å². The molecule has 0 spiro atoms. The van der Waals surface area contributed by atoms with Crippen LogP contribution >= 0.6 is 11.6 Å². The lowest BCUT2D eigenvalue weighted by atomic mass is 9.87. The molecule has 1 aromatic rings. The van der Waals surface area contributed by atoms with Crippen LogP contribution in [0, 0.1) is 5.92 Å². The third-order valence-corrected chi connectivity index (χ3v) is 5.24. The van der Waals surface area contributed by atoms with Crippen LogP contribution in [0.5, 0.6) is 0 Å². The maximum absolute atomic E-state index is 12.0. The van der Waals surface area contributed by atoms with Gasteiger partial charge in [-0.1, -0.05) is 43.7 Å². The fraction of sp³-hybridized carbons (Fsp3) is 0.615. The maximum atomic E-state index is 12.0. The smallest absolute Gasteiger partial charge is 0.240 e. The predicted molar refractivity (Wildman–Crippen MR) is 75.6 cm³/mol. The molecule has 0 amide bonds. The number of aromatic nitrogens is 1. The summed E-state index contributed by atoms with van der Waals surface area (Å²) in [4.78, 5) is 3.96. The highest BCUT2D eigenvalue weighted by molar-refractivity contribution is 7.89. The number of nitrogens with one attached hydrogen (secondary N) is 1. The Morgan fingerprint density at radius 3 is 2.74 bits per heavy atom. The van der Waals surface area contributed by atoms with Gasteiger partial charge in [0.1, 0.15) is 5.15 Å². The highest BCUT2D eigenvalue weighted by Crippen LogP contribution is 2.25. The highest BCUT2D eigenvalue weighted by atomic mass is 35.5. The van der Waals surface area contributed by atoms with Crippen molar-refractivity contribution in [2.24, 2.45) is 5.92 Å². The van der Waals surface area contributed by atoms with Crippen molar-refractivity contribution in [3.8, 4) is 0 Å². The van der Waals surface area contributed by atoms with E-state index < -0.39 is 10.0 Å². The van der Waals surface area contributed by atoms with Gasteiger partial charge in [0.25, 0.3) is 0 Å². The Morgan fingerprint density at radius 1 is 1.32 bits per heavy atom. The molecule has 19 heavy (non-hydrogen) atoms. The molecule has 1 N–H and O–H groups in total. The second kappa shape index (κ2) is 6.68. The van der Waals surface area contributed by atoms with E-state index >= 15 is 0 Å². The van der Waals surface area contributed by atoms with Crippen molar-refractivity contribution < 1.29 is 8.42 Å². The molecule has 0 unspecified atom stereocenters. The molecule has 0 bridgehead atoms. The quantitative estimate of drug-likeness (QED) is 0.851. The first-order valence-electron chi connectivity index (χ1n) is 6.69. The molecule has 1 saturated carbocycles. The van der Waals surface area contributed by atoms with Gasteiger partial charge in [-0.3, -0.25) is 0 Å². The lowest BCUT2D eigenvalue weighted by Crippen LogP contribution is -2.26. The number of nitrogens with zero attached hydrogens (tertiary/aromatic N) is 1. The molecule has 1 aromatic heterocycles. The highest BCUT2D eigenvalue weighted by Gasteiger charge is 2.17. The van der Waals surface area contributed by atoms with E-state index in [1.165, 1.54) is 50.4 Å². The summed E-state index contributed by atoms with van der Waals surface area (Å²) in [5.74, 6) is 0.664. The van der Waals surface area contributed by atoms with E-state index in [2.05, 4.69) is 9.71 Å². The number of hydrogen-bond acceptors (Lipinski definition) is 3. The third kappa shape index (κ3) is 4.44. The van der Waals surface area contributed by atoms with Gasteiger partial charge in [-0.2, -0.15) is 0 Å². The Hall–Kier alpha value is -0.650. The molecule has 6 heteroatoms. The van der Waals surface area contributed by atoms with E-state index in [0.29, 0.717) is 12.5 Å². The molecule has 2 rings (SSSR count). The van der Waals surface area contributed by atoms with Crippen molar-refractivity contribution in [3.05, 3.63) is 23.5 Å². The van der Waals surface area contributed by atoms with Crippen molar-refractivity contribution in [1.29, 1.82) is 0 Å². The Bertz CT molecular complexity index is 513. The predicted octanol–water partition coefficient (Wildman–Crippen LogP) is 2.98. The van der Waals surface area contributed by atoms with Crippen LogP contribution in [-0.4, -0.2) is 19.9 Å². The van der Waals surface area contributed by atoms with E-state index in [-0.39, 0.29) is 10.0 Å². The van der Waals surface area contributed by atoms with Crippen LogP contribution in [0.15, 0.2) is 23.2 Å². The summed E-state index contributed by atoms with van der Waals surface area (Å²) in [6, 6.07) is 2.82. The molecular formula is C13H19ClN2O2S. The Kier molecular flexibility index (Phi) is 5.19. The molecule has 1 aliphatic rings. The first-order valence-corrected chi connectivity index (χ1v) is 8.55. The van der Waals surface area contributed by atoms with Crippen LogP contribution in [0.25, 0.3) is 0 Å². The summed E-state index contributed by atoms with van der Waals surface area (Å²) in [5, 5.41) is 0.190. The van der Waals surface area contributed by atoms with Crippen molar-refractivity contribution in [2.45, 2.75) is 43.4 Å². The molecular weight excluding hydrogens is 284 g/mol. The zero-order valence-corrected chi connectivity index (χ0v) is 12.4. The summed E-state index contributed by atoms with van der Waals surface area (Å²) in [7, 11) is -3.46. The molecule has 0 saturated heterocycles. The van der Waals surface area contributed by atoms with Crippen LogP contribution in [-0.2, 0) is 10.0 Å². The molecule has 0 atom stereocenters. The molecule has 4 nitrogen and oxygen atoms in total. The minimum atomic E-state index is -3.46. The SMILES string of the molecule is O=S(=O)(NCCC1CCCCC1)c1ccnc(Cl)c1. The molecule has 106 valence electrons. The Labute approximate surface area is 119 Å². The lowest BCUT2D eigenvalue weighted by Gasteiger charge is -2.21.